The van der Waals surface area contributed by atoms with E-state index in [1.807, 2.05) is 12.1 Å². The normalized spacial score (nSPS) is 26.8. The van der Waals surface area contributed by atoms with E-state index >= 15 is 0 Å². The summed E-state index contributed by atoms with van der Waals surface area (Å²) in [6.07, 6.45) is 2.35. The molecule has 1 aliphatic rings. The van der Waals surface area contributed by atoms with Gasteiger partial charge in [-0.15, -0.1) is 0 Å². The highest BCUT2D eigenvalue weighted by atomic mass is 19.1. The summed E-state index contributed by atoms with van der Waals surface area (Å²) in [4.78, 5) is 2.50. The Labute approximate surface area is 122 Å². The molecule has 112 valence electrons. The van der Waals surface area contributed by atoms with Crippen LogP contribution in [0.1, 0.15) is 45.2 Å². The van der Waals surface area contributed by atoms with E-state index in [9.17, 15) is 4.39 Å². The zero-order valence-corrected chi connectivity index (χ0v) is 12.9. The summed E-state index contributed by atoms with van der Waals surface area (Å²) < 4.78 is 13.4. The highest BCUT2D eigenvalue weighted by Gasteiger charge is 2.22. The zero-order chi connectivity index (χ0) is 14.5. The molecule has 2 nitrogen and oxygen atoms in total. The molecule has 0 bridgehead atoms. The molecule has 0 amide bonds. The maximum Gasteiger partial charge on any atom is 0.123 e. The lowest BCUT2D eigenvalue weighted by molar-refractivity contribution is 0.153. The molecule has 0 saturated carbocycles. The minimum atomic E-state index is -0.137. The number of rotatable bonds is 3. The number of halogens is 1. The van der Waals surface area contributed by atoms with Crippen molar-refractivity contribution in [2.75, 3.05) is 19.6 Å². The van der Waals surface area contributed by atoms with Crippen molar-refractivity contribution in [3.05, 3.63) is 35.6 Å². The van der Waals surface area contributed by atoms with Crippen LogP contribution < -0.4 is 5.32 Å². The maximum atomic E-state index is 13.4. The largest absolute Gasteiger partial charge is 0.314 e. The first kappa shape index (κ1) is 15.5. The Morgan fingerprint density at radius 2 is 2.25 bits per heavy atom. The van der Waals surface area contributed by atoms with Crippen LogP contribution in [0.15, 0.2) is 24.3 Å². The van der Waals surface area contributed by atoms with E-state index in [2.05, 4.69) is 31.0 Å². The molecule has 1 N–H and O–H groups in total. The van der Waals surface area contributed by atoms with Gasteiger partial charge in [-0.25, -0.2) is 4.39 Å². The third kappa shape index (κ3) is 4.03. The molecular formula is C17H27FN2. The summed E-state index contributed by atoms with van der Waals surface area (Å²) in [5, 5.41) is 3.64. The Hall–Kier alpha value is -0.930. The second kappa shape index (κ2) is 7.19. The smallest absolute Gasteiger partial charge is 0.123 e. The molecule has 1 fully saturated rings. The summed E-state index contributed by atoms with van der Waals surface area (Å²) in [6.45, 7) is 9.94. The molecule has 1 aliphatic heterocycles. The highest BCUT2D eigenvalue weighted by Crippen LogP contribution is 2.23. The van der Waals surface area contributed by atoms with Crippen LogP contribution in [0.4, 0.5) is 4.39 Å². The predicted octanol–water partition coefficient (Wildman–Crippen LogP) is 3.60. The van der Waals surface area contributed by atoms with Crippen LogP contribution in [0.3, 0.4) is 0 Å². The van der Waals surface area contributed by atoms with E-state index < -0.39 is 0 Å². The Kier molecular flexibility index (Phi) is 5.55. The third-order valence-corrected chi connectivity index (χ3v) is 4.44. The Morgan fingerprint density at radius 1 is 1.45 bits per heavy atom. The van der Waals surface area contributed by atoms with Crippen molar-refractivity contribution >= 4 is 0 Å². The second-order valence-corrected chi connectivity index (χ2v) is 6.13. The van der Waals surface area contributed by atoms with Crippen LogP contribution in [0, 0.1) is 11.7 Å². The molecule has 0 aromatic heterocycles. The fourth-order valence-corrected chi connectivity index (χ4v) is 3.03. The molecule has 1 saturated heterocycles. The minimum Gasteiger partial charge on any atom is -0.314 e. The van der Waals surface area contributed by atoms with Gasteiger partial charge in [0, 0.05) is 25.2 Å². The quantitative estimate of drug-likeness (QED) is 0.909. The van der Waals surface area contributed by atoms with E-state index in [1.54, 1.807) is 6.07 Å². The van der Waals surface area contributed by atoms with E-state index in [1.165, 1.54) is 18.9 Å². The summed E-state index contributed by atoms with van der Waals surface area (Å²) in [6, 6.07) is 7.92. The lowest BCUT2D eigenvalue weighted by atomic mass is 10.0. The average Bonchev–Trinajstić information content (AvgIpc) is 2.42. The fourth-order valence-electron chi connectivity index (χ4n) is 3.03. The van der Waals surface area contributed by atoms with Crippen molar-refractivity contribution in [2.45, 2.75) is 45.7 Å². The third-order valence-electron chi connectivity index (χ3n) is 4.44. The minimum absolute atomic E-state index is 0.137. The van der Waals surface area contributed by atoms with E-state index in [4.69, 9.17) is 0 Å². The predicted molar refractivity (Wildman–Crippen MR) is 82.3 cm³/mol. The molecule has 0 aliphatic carbocycles. The van der Waals surface area contributed by atoms with Crippen molar-refractivity contribution in [1.29, 1.82) is 0 Å². The van der Waals surface area contributed by atoms with Crippen LogP contribution in [-0.4, -0.2) is 30.6 Å². The number of nitrogens with one attached hydrogen (secondary N) is 1. The van der Waals surface area contributed by atoms with Crippen LogP contribution >= 0.6 is 0 Å². The monoisotopic (exact) mass is 278 g/mol. The topological polar surface area (TPSA) is 15.3 Å². The molecule has 1 heterocycles. The summed E-state index contributed by atoms with van der Waals surface area (Å²) in [5.41, 5.74) is 1.08. The number of hydrogen-bond acceptors (Lipinski definition) is 2. The van der Waals surface area contributed by atoms with Crippen LogP contribution in [0.5, 0.6) is 0 Å². The lowest BCUT2D eigenvalue weighted by Crippen LogP contribution is -2.44. The molecule has 3 atom stereocenters. The SMILES string of the molecule is CCC1CCN(C(C)c2cccc(F)c2)CC(C)CN1. The Morgan fingerprint density at radius 3 is 2.95 bits per heavy atom. The van der Waals surface area contributed by atoms with Crippen LogP contribution in [0.25, 0.3) is 0 Å². The van der Waals surface area contributed by atoms with Gasteiger partial charge < -0.3 is 5.32 Å². The van der Waals surface area contributed by atoms with Crippen molar-refractivity contribution in [3.8, 4) is 0 Å². The summed E-state index contributed by atoms with van der Waals surface area (Å²) in [5.74, 6) is 0.489. The van der Waals surface area contributed by atoms with Gasteiger partial charge in [0.25, 0.3) is 0 Å². The van der Waals surface area contributed by atoms with Crippen molar-refractivity contribution < 1.29 is 4.39 Å². The number of hydrogen-bond donors (Lipinski definition) is 1. The standard InChI is InChI=1S/C17H27FN2/c1-4-17-8-9-20(12-13(2)11-19-17)14(3)15-6-5-7-16(18)10-15/h5-7,10,13-14,17,19H,4,8-9,11-12H2,1-3H3. The van der Waals surface area contributed by atoms with Crippen LogP contribution in [0.2, 0.25) is 0 Å². The fraction of sp³-hybridized carbons (Fsp3) is 0.647. The van der Waals surface area contributed by atoms with Gasteiger partial charge in [0.1, 0.15) is 5.82 Å². The zero-order valence-electron chi connectivity index (χ0n) is 12.9. The van der Waals surface area contributed by atoms with Gasteiger partial charge >= 0.3 is 0 Å². The van der Waals surface area contributed by atoms with Gasteiger partial charge in [0.05, 0.1) is 0 Å². The second-order valence-electron chi connectivity index (χ2n) is 6.13. The van der Waals surface area contributed by atoms with Crippen LogP contribution in [-0.2, 0) is 0 Å². The van der Waals surface area contributed by atoms with Gasteiger partial charge in [-0.2, -0.15) is 0 Å². The summed E-state index contributed by atoms with van der Waals surface area (Å²) >= 11 is 0. The molecule has 2 rings (SSSR count). The van der Waals surface area contributed by atoms with Gasteiger partial charge in [0.2, 0.25) is 0 Å². The van der Waals surface area contributed by atoms with E-state index in [0.29, 0.717) is 12.0 Å². The molecule has 0 radical (unpaired) electrons. The first-order valence-electron chi connectivity index (χ1n) is 7.83. The van der Waals surface area contributed by atoms with Crippen molar-refractivity contribution in [3.63, 3.8) is 0 Å². The van der Waals surface area contributed by atoms with E-state index in [-0.39, 0.29) is 11.9 Å². The first-order chi connectivity index (χ1) is 9.60. The van der Waals surface area contributed by atoms with Gasteiger partial charge in [-0.05, 0) is 49.9 Å². The molecule has 0 spiro atoms. The Bertz CT molecular complexity index is 421. The lowest BCUT2D eigenvalue weighted by Gasteiger charge is -2.36. The van der Waals surface area contributed by atoms with Crippen molar-refractivity contribution in [1.82, 2.24) is 10.2 Å². The summed E-state index contributed by atoms with van der Waals surface area (Å²) in [7, 11) is 0. The molecular weight excluding hydrogens is 251 g/mol. The van der Waals surface area contributed by atoms with E-state index in [0.717, 1.165) is 25.2 Å². The van der Waals surface area contributed by atoms with Gasteiger partial charge in [0.15, 0.2) is 0 Å². The van der Waals surface area contributed by atoms with Gasteiger partial charge in [-0.3, -0.25) is 4.90 Å². The average molecular weight is 278 g/mol. The molecule has 3 unspecified atom stereocenters. The molecule has 1 aromatic rings. The molecule has 20 heavy (non-hydrogen) atoms. The number of nitrogens with zero attached hydrogens (tertiary/aromatic N) is 1. The Balaban J connectivity index is 2.08. The first-order valence-corrected chi connectivity index (χ1v) is 7.83. The highest BCUT2D eigenvalue weighted by molar-refractivity contribution is 5.19. The maximum absolute atomic E-state index is 13.4. The molecule has 1 aromatic carbocycles. The number of benzene rings is 1. The van der Waals surface area contributed by atoms with Crippen molar-refractivity contribution in [2.24, 2.45) is 5.92 Å². The van der Waals surface area contributed by atoms with Gasteiger partial charge in [-0.1, -0.05) is 26.0 Å². The molecule has 3 heteroatoms.